The van der Waals surface area contributed by atoms with E-state index < -0.39 is 17.5 Å². The zero-order valence-electron chi connectivity index (χ0n) is 15.3. The zero-order chi connectivity index (χ0) is 19.7. The third-order valence-corrected chi connectivity index (χ3v) is 4.28. The maximum absolute atomic E-state index is 12.3. The van der Waals surface area contributed by atoms with Crippen LogP contribution in [-0.2, 0) is 16.1 Å². The Hall–Kier alpha value is -3.42. The molecule has 0 saturated heterocycles. The summed E-state index contributed by atoms with van der Waals surface area (Å²) in [6.07, 6.45) is 0. The quantitative estimate of drug-likeness (QED) is 0.703. The topological polar surface area (TPSA) is 111 Å². The molecule has 0 aliphatic carbocycles. The minimum atomic E-state index is -0.562. The van der Waals surface area contributed by atoms with Gasteiger partial charge in [-0.3, -0.25) is 4.79 Å². The van der Waals surface area contributed by atoms with Crippen molar-refractivity contribution in [3.63, 3.8) is 0 Å². The van der Waals surface area contributed by atoms with Crippen molar-refractivity contribution in [1.82, 2.24) is 9.97 Å². The van der Waals surface area contributed by atoms with E-state index in [4.69, 9.17) is 9.15 Å². The van der Waals surface area contributed by atoms with Gasteiger partial charge in [0.1, 0.15) is 29.5 Å². The second kappa shape index (κ2) is 7.06. The second-order valence-corrected chi connectivity index (χ2v) is 6.03. The number of rotatable bonds is 4. The van der Waals surface area contributed by atoms with Crippen molar-refractivity contribution in [2.75, 3.05) is 7.11 Å². The van der Waals surface area contributed by atoms with E-state index in [9.17, 15) is 14.4 Å². The van der Waals surface area contributed by atoms with Crippen LogP contribution >= 0.6 is 0 Å². The summed E-state index contributed by atoms with van der Waals surface area (Å²) in [7, 11) is 1.27. The molecule has 1 N–H and O–H groups in total. The Kier molecular flexibility index (Phi) is 4.81. The van der Waals surface area contributed by atoms with Gasteiger partial charge < -0.3 is 18.9 Å². The highest BCUT2D eigenvalue weighted by atomic mass is 16.5. The molecular formula is C19H18N2O6. The van der Waals surface area contributed by atoms with Gasteiger partial charge >= 0.3 is 11.9 Å². The first kappa shape index (κ1) is 18.4. The average molecular weight is 370 g/mol. The molecule has 0 saturated carbocycles. The molecule has 3 aromatic rings. The van der Waals surface area contributed by atoms with E-state index in [1.54, 1.807) is 20.8 Å². The molecule has 0 radical (unpaired) electrons. The van der Waals surface area contributed by atoms with E-state index in [1.165, 1.54) is 25.3 Å². The molecule has 0 unspecified atom stereocenters. The van der Waals surface area contributed by atoms with Gasteiger partial charge in [0.15, 0.2) is 0 Å². The van der Waals surface area contributed by atoms with Crippen LogP contribution in [0.5, 0.6) is 0 Å². The summed E-state index contributed by atoms with van der Waals surface area (Å²) in [4.78, 5) is 43.0. The summed E-state index contributed by atoms with van der Waals surface area (Å²) in [5.74, 6) is 0.184. The van der Waals surface area contributed by atoms with Crippen LogP contribution in [0.3, 0.4) is 0 Å². The van der Waals surface area contributed by atoms with Gasteiger partial charge in [-0.05, 0) is 39.0 Å². The predicted octanol–water partition coefficient (Wildman–Crippen LogP) is 2.58. The Morgan fingerprint density at radius 1 is 1.15 bits per heavy atom. The lowest BCUT2D eigenvalue weighted by Gasteiger charge is -2.06. The third kappa shape index (κ3) is 3.46. The number of aromatic amines is 1. The summed E-state index contributed by atoms with van der Waals surface area (Å²) in [5, 5.41) is 0.315. The number of ether oxygens (including phenoxy) is 2. The number of methoxy groups -OCH3 is 1. The average Bonchev–Trinajstić information content (AvgIpc) is 2.90. The molecule has 1 aromatic carbocycles. The van der Waals surface area contributed by atoms with Crippen LogP contribution in [-0.4, -0.2) is 29.0 Å². The smallest absolute Gasteiger partial charge is 0.342 e. The Labute approximate surface area is 154 Å². The van der Waals surface area contributed by atoms with Crippen molar-refractivity contribution in [2.45, 2.75) is 27.4 Å². The lowest BCUT2D eigenvalue weighted by atomic mass is 10.1. The number of hydrogen-bond donors (Lipinski definition) is 1. The molecule has 0 spiro atoms. The van der Waals surface area contributed by atoms with Crippen molar-refractivity contribution in [2.24, 2.45) is 0 Å². The number of hydrogen-bond acceptors (Lipinski definition) is 7. The highest BCUT2D eigenvalue weighted by Gasteiger charge is 2.20. The van der Waals surface area contributed by atoms with Gasteiger partial charge in [-0.1, -0.05) is 0 Å². The first-order valence-electron chi connectivity index (χ1n) is 8.16. The van der Waals surface area contributed by atoms with Gasteiger partial charge in [0, 0.05) is 5.56 Å². The molecule has 8 heteroatoms. The number of furan rings is 1. The van der Waals surface area contributed by atoms with Gasteiger partial charge in [-0.25, -0.2) is 14.6 Å². The first-order valence-corrected chi connectivity index (χ1v) is 8.16. The number of benzene rings is 1. The fourth-order valence-corrected chi connectivity index (χ4v) is 2.80. The van der Waals surface area contributed by atoms with Gasteiger partial charge in [0.05, 0.1) is 23.6 Å². The summed E-state index contributed by atoms with van der Waals surface area (Å²) >= 11 is 0. The number of H-pyrrole nitrogens is 1. The van der Waals surface area contributed by atoms with Gasteiger partial charge in [0.2, 0.25) is 0 Å². The summed E-state index contributed by atoms with van der Waals surface area (Å²) in [5.41, 5.74) is 1.25. The molecule has 0 fully saturated rings. The van der Waals surface area contributed by atoms with Crippen molar-refractivity contribution < 1.29 is 23.5 Å². The van der Waals surface area contributed by atoms with E-state index in [2.05, 4.69) is 14.7 Å². The van der Waals surface area contributed by atoms with Crippen molar-refractivity contribution in [1.29, 1.82) is 0 Å². The fourth-order valence-electron chi connectivity index (χ4n) is 2.80. The van der Waals surface area contributed by atoms with Crippen molar-refractivity contribution in [3.05, 3.63) is 62.6 Å². The van der Waals surface area contributed by atoms with E-state index in [-0.39, 0.29) is 18.0 Å². The number of esters is 2. The van der Waals surface area contributed by atoms with Crippen LogP contribution < -0.4 is 5.56 Å². The van der Waals surface area contributed by atoms with E-state index in [1.807, 2.05) is 0 Å². The first-order chi connectivity index (χ1) is 12.8. The van der Waals surface area contributed by atoms with Gasteiger partial charge in [0.25, 0.3) is 5.56 Å². The molecule has 2 aromatic heterocycles. The van der Waals surface area contributed by atoms with Crippen LogP contribution in [0.25, 0.3) is 10.9 Å². The molecular weight excluding hydrogens is 352 g/mol. The lowest BCUT2D eigenvalue weighted by Crippen LogP contribution is -2.15. The molecule has 0 aliphatic heterocycles. The molecule has 0 aliphatic rings. The van der Waals surface area contributed by atoms with Crippen LogP contribution in [0.2, 0.25) is 0 Å². The third-order valence-electron chi connectivity index (χ3n) is 4.28. The zero-order valence-corrected chi connectivity index (χ0v) is 15.3. The number of nitrogens with zero attached hydrogens (tertiary/aromatic N) is 1. The van der Waals surface area contributed by atoms with Crippen molar-refractivity contribution in [3.8, 4) is 0 Å². The molecule has 3 rings (SSSR count). The Morgan fingerprint density at radius 3 is 2.52 bits per heavy atom. The minimum Gasteiger partial charge on any atom is -0.465 e. The second-order valence-electron chi connectivity index (χ2n) is 6.03. The number of carbonyl (C=O) groups is 2. The van der Waals surface area contributed by atoms with Crippen LogP contribution in [0.4, 0.5) is 0 Å². The molecule has 140 valence electrons. The molecule has 8 nitrogen and oxygen atoms in total. The van der Waals surface area contributed by atoms with Gasteiger partial charge in [-0.15, -0.1) is 0 Å². The lowest BCUT2D eigenvalue weighted by molar-refractivity contribution is 0.0459. The molecule has 27 heavy (non-hydrogen) atoms. The minimum absolute atomic E-state index is 0.165. The van der Waals surface area contributed by atoms with Crippen LogP contribution in [0.15, 0.2) is 27.4 Å². The molecule has 0 amide bonds. The summed E-state index contributed by atoms with van der Waals surface area (Å²) in [6, 6.07) is 4.43. The van der Waals surface area contributed by atoms with E-state index in [0.717, 1.165) is 0 Å². The Balaban J connectivity index is 1.87. The molecule has 2 heterocycles. The Morgan fingerprint density at radius 2 is 1.89 bits per heavy atom. The molecule has 0 bridgehead atoms. The number of aryl methyl sites for hydroxylation is 2. The summed E-state index contributed by atoms with van der Waals surface area (Å²) < 4.78 is 15.4. The predicted molar refractivity (Wildman–Crippen MR) is 95.7 cm³/mol. The van der Waals surface area contributed by atoms with Crippen LogP contribution in [0, 0.1) is 20.8 Å². The van der Waals surface area contributed by atoms with E-state index >= 15 is 0 Å². The maximum Gasteiger partial charge on any atom is 0.342 e. The standard InChI is InChI=1S/C19H18N2O6/c1-9-10(2)27-11(3)16(9)19(24)26-8-15-20-14-7-12(18(23)25-4)5-6-13(14)17(22)21-15/h5-7H,8H2,1-4H3,(H,20,21,22). The number of carbonyl (C=O) groups excluding carboxylic acids is 2. The van der Waals surface area contributed by atoms with Gasteiger partial charge in [-0.2, -0.15) is 0 Å². The normalized spacial score (nSPS) is 10.8. The number of nitrogens with one attached hydrogen (secondary N) is 1. The number of fused-ring (bicyclic) bond motifs is 1. The number of aromatic nitrogens is 2. The van der Waals surface area contributed by atoms with Crippen molar-refractivity contribution >= 4 is 22.8 Å². The highest BCUT2D eigenvalue weighted by Crippen LogP contribution is 2.22. The SMILES string of the molecule is COC(=O)c1ccc2c(=O)[nH]c(COC(=O)c3c(C)oc(C)c3C)nc2c1. The largest absolute Gasteiger partial charge is 0.465 e. The monoisotopic (exact) mass is 370 g/mol. The highest BCUT2D eigenvalue weighted by molar-refractivity contribution is 5.94. The molecule has 0 atom stereocenters. The Bertz CT molecular complexity index is 1110. The maximum atomic E-state index is 12.3. The van der Waals surface area contributed by atoms with Crippen LogP contribution in [0.1, 0.15) is 43.6 Å². The summed E-state index contributed by atoms with van der Waals surface area (Å²) in [6.45, 7) is 4.99. The van der Waals surface area contributed by atoms with E-state index in [0.29, 0.717) is 33.6 Å². The fraction of sp³-hybridized carbons (Fsp3) is 0.263.